The maximum atomic E-state index is 6.12. The molecule has 1 heterocycles. The highest BCUT2D eigenvalue weighted by Crippen LogP contribution is 2.28. The summed E-state index contributed by atoms with van der Waals surface area (Å²) in [6, 6.07) is 5.99. The standard InChI is InChI=1S/C13H17ClO2/c1-2-10-3-4-12(14)13(9-10)16-11-5-7-15-8-6-11/h3-4,9,11H,2,5-8H2,1H3. The van der Waals surface area contributed by atoms with Crippen LogP contribution in [0.5, 0.6) is 5.75 Å². The molecule has 1 aliphatic rings. The number of halogens is 1. The number of rotatable bonds is 3. The second-order valence-corrected chi connectivity index (χ2v) is 4.46. The first-order chi connectivity index (χ1) is 7.79. The van der Waals surface area contributed by atoms with Crippen molar-refractivity contribution in [1.29, 1.82) is 0 Å². The molecular weight excluding hydrogens is 224 g/mol. The van der Waals surface area contributed by atoms with Crippen LogP contribution in [-0.4, -0.2) is 19.3 Å². The van der Waals surface area contributed by atoms with Crippen molar-refractivity contribution in [3.8, 4) is 5.75 Å². The van der Waals surface area contributed by atoms with Gasteiger partial charge in [0.15, 0.2) is 0 Å². The van der Waals surface area contributed by atoms with E-state index in [1.807, 2.05) is 18.2 Å². The monoisotopic (exact) mass is 240 g/mol. The van der Waals surface area contributed by atoms with E-state index in [0.29, 0.717) is 5.02 Å². The predicted octanol–water partition coefficient (Wildman–Crippen LogP) is 3.46. The topological polar surface area (TPSA) is 18.5 Å². The third-order valence-electron chi connectivity index (χ3n) is 2.87. The fourth-order valence-electron chi connectivity index (χ4n) is 1.83. The molecule has 2 rings (SSSR count). The first-order valence-electron chi connectivity index (χ1n) is 5.82. The van der Waals surface area contributed by atoms with Crippen LogP contribution in [-0.2, 0) is 11.2 Å². The molecule has 0 amide bonds. The van der Waals surface area contributed by atoms with Crippen LogP contribution in [0.1, 0.15) is 25.3 Å². The third kappa shape index (κ3) is 2.89. The summed E-state index contributed by atoms with van der Waals surface area (Å²) in [7, 11) is 0. The minimum Gasteiger partial charge on any atom is -0.489 e. The van der Waals surface area contributed by atoms with Crippen molar-refractivity contribution in [2.75, 3.05) is 13.2 Å². The normalized spacial score (nSPS) is 17.4. The molecule has 16 heavy (non-hydrogen) atoms. The molecule has 0 atom stereocenters. The summed E-state index contributed by atoms with van der Waals surface area (Å²) in [5.41, 5.74) is 1.26. The van der Waals surface area contributed by atoms with Crippen molar-refractivity contribution >= 4 is 11.6 Å². The van der Waals surface area contributed by atoms with Gasteiger partial charge in [-0.2, -0.15) is 0 Å². The zero-order valence-electron chi connectivity index (χ0n) is 9.54. The zero-order chi connectivity index (χ0) is 11.4. The van der Waals surface area contributed by atoms with E-state index >= 15 is 0 Å². The van der Waals surface area contributed by atoms with Crippen LogP contribution in [0.25, 0.3) is 0 Å². The molecule has 0 spiro atoms. The first kappa shape index (κ1) is 11.7. The lowest BCUT2D eigenvalue weighted by Crippen LogP contribution is -2.26. The Labute approximate surface area is 102 Å². The highest BCUT2D eigenvalue weighted by atomic mass is 35.5. The summed E-state index contributed by atoms with van der Waals surface area (Å²) in [4.78, 5) is 0. The molecule has 0 aromatic heterocycles. The van der Waals surface area contributed by atoms with Crippen molar-refractivity contribution in [1.82, 2.24) is 0 Å². The van der Waals surface area contributed by atoms with Crippen LogP contribution in [0.2, 0.25) is 5.02 Å². The van der Waals surface area contributed by atoms with Gasteiger partial charge in [-0.25, -0.2) is 0 Å². The van der Waals surface area contributed by atoms with Gasteiger partial charge in [-0.1, -0.05) is 24.6 Å². The first-order valence-corrected chi connectivity index (χ1v) is 6.20. The lowest BCUT2D eigenvalue weighted by Gasteiger charge is -2.24. The average Bonchev–Trinajstić information content (AvgIpc) is 2.33. The maximum absolute atomic E-state index is 6.12. The van der Waals surface area contributed by atoms with E-state index in [9.17, 15) is 0 Å². The second kappa shape index (κ2) is 5.55. The molecule has 0 unspecified atom stereocenters. The molecule has 88 valence electrons. The van der Waals surface area contributed by atoms with E-state index in [4.69, 9.17) is 21.1 Å². The maximum Gasteiger partial charge on any atom is 0.138 e. The molecule has 0 radical (unpaired) electrons. The van der Waals surface area contributed by atoms with Crippen LogP contribution in [0.15, 0.2) is 18.2 Å². The van der Waals surface area contributed by atoms with Gasteiger partial charge in [0.2, 0.25) is 0 Å². The van der Waals surface area contributed by atoms with Gasteiger partial charge >= 0.3 is 0 Å². The van der Waals surface area contributed by atoms with Crippen LogP contribution >= 0.6 is 11.6 Å². The average molecular weight is 241 g/mol. The molecule has 1 saturated heterocycles. The Morgan fingerprint density at radius 1 is 1.38 bits per heavy atom. The molecule has 1 aromatic rings. The van der Waals surface area contributed by atoms with Gasteiger partial charge in [0.25, 0.3) is 0 Å². The fraction of sp³-hybridized carbons (Fsp3) is 0.538. The van der Waals surface area contributed by atoms with E-state index in [1.165, 1.54) is 5.56 Å². The number of hydrogen-bond acceptors (Lipinski definition) is 2. The van der Waals surface area contributed by atoms with Gasteiger partial charge in [-0.3, -0.25) is 0 Å². The second-order valence-electron chi connectivity index (χ2n) is 4.05. The molecule has 1 fully saturated rings. The Balaban J connectivity index is 2.06. The zero-order valence-corrected chi connectivity index (χ0v) is 10.3. The van der Waals surface area contributed by atoms with Crippen molar-refractivity contribution < 1.29 is 9.47 Å². The summed E-state index contributed by atoms with van der Waals surface area (Å²) in [5, 5.41) is 0.698. The van der Waals surface area contributed by atoms with Crippen LogP contribution in [0.3, 0.4) is 0 Å². The lowest BCUT2D eigenvalue weighted by molar-refractivity contribution is 0.0256. The highest BCUT2D eigenvalue weighted by Gasteiger charge is 2.16. The Kier molecular flexibility index (Phi) is 4.08. The van der Waals surface area contributed by atoms with Gasteiger partial charge in [0.1, 0.15) is 11.9 Å². The molecule has 1 aromatic carbocycles. The highest BCUT2D eigenvalue weighted by molar-refractivity contribution is 6.32. The summed E-state index contributed by atoms with van der Waals surface area (Å²) in [6.45, 7) is 3.70. The van der Waals surface area contributed by atoms with Gasteiger partial charge in [-0.15, -0.1) is 0 Å². The van der Waals surface area contributed by atoms with Crippen molar-refractivity contribution in [3.63, 3.8) is 0 Å². The number of ether oxygens (including phenoxy) is 2. The van der Waals surface area contributed by atoms with Gasteiger partial charge in [0.05, 0.1) is 18.2 Å². The summed E-state index contributed by atoms with van der Waals surface area (Å²) < 4.78 is 11.2. The van der Waals surface area contributed by atoms with E-state index in [2.05, 4.69) is 6.92 Å². The fourth-order valence-corrected chi connectivity index (χ4v) is 1.99. The van der Waals surface area contributed by atoms with Crippen molar-refractivity contribution in [3.05, 3.63) is 28.8 Å². The predicted molar refractivity (Wildman–Crippen MR) is 65.3 cm³/mol. The quantitative estimate of drug-likeness (QED) is 0.806. The molecule has 0 N–H and O–H groups in total. The van der Waals surface area contributed by atoms with Crippen LogP contribution < -0.4 is 4.74 Å². The smallest absolute Gasteiger partial charge is 0.138 e. The minimum absolute atomic E-state index is 0.248. The van der Waals surface area contributed by atoms with E-state index < -0.39 is 0 Å². The van der Waals surface area contributed by atoms with Crippen molar-refractivity contribution in [2.24, 2.45) is 0 Å². The largest absolute Gasteiger partial charge is 0.489 e. The van der Waals surface area contributed by atoms with Crippen LogP contribution in [0, 0.1) is 0 Å². The third-order valence-corrected chi connectivity index (χ3v) is 3.18. The Morgan fingerprint density at radius 3 is 2.81 bits per heavy atom. The molecule has 1 aliphatic heterocycles. The lowest BCUT2D eigenvalue weighted by atomic mass is 10.1. The summed E-state index contributed by atoms with van der Waals surface area (Å²) in [5.74, 6) is 0.813. The number of aryl methyl sites for hydroxylation is 1. The number of hydrogen-bond donors (Lipinski definition) is 0. The van der Waals surface area contributed by atoms with E-state index in [0.717, 1.165) is 38.2 Å². The Morgan fingerprint density at radius 2 is 2.12 bits per heavy atom. The molecule has 0 saturated carbocycles. The molecule has 0 bridgehead atoms. The summed E-state index contributed by atoms with van der Waals surface area (Å²) >= 11 is 6.12. The molecule has 3 heteroatoms. The molecule has 2 nitrogen and oxygen atoms in total. The SMILES string of the molecule is CCc1ccc(Cl)c(OC2CCOCC2)c1. The Bertz CT molecular complexity index is 346. The van der Waals surface area contributed by atoms with E-state index in [1.54, 1.807) is 0 Å². The van der Waals surface area contributed by atoms with Crippen molar-refractivity contribution in [2.45, 2.75) is 32.3 Å². The number of benzene rings is 1. The van der Waals surface area contributed by atoms with Gasteiger partial charge in [0, 0.05) is 12.8 Å². The summed E-state index contributed by atoms with van der Waals surface area (Å²) in [6.07, 6.45) is 3.15. The van der Waals surface area contributed by atoms with Gasteiger partial charge in [-0.05, 0) is 24.1 Å². The van der Waals surface area contributed by atoms with Gasteiger partial charge < -0.3 is 9.47 Å². The van der Waals surface area contributed by atoms with Crippen LogP contribution in [0.4, 0.5) is 0 Å². The minimum atomic E-state index is 0.248. The van der Waals surface area contributed by atoms with E-state index in [-0.39, 0.29) is 6.10 Å². The molecule has 0 aliphatic carbocycles. The molecular formula is C13H17ClO2. The Hall–Kier alpha value is -0.730.